The lowest BCUT2D eigenvalue weighted by molar-refractivity contribution is 0.336. The predicted octanol–water partition coefficient (Wildman–Crippen LogP) is 5.35. The maximum absolute atomic E-state index is 5.59. The molecule has 0 radical (unpaired) electrons. The SMILES string of the molecule is CCOc1c(Br)cc(CNC(C)Cc2ccco2)cc1Br.Cl. The first kappa shape index (κ1) is 19.6. The van der Waals surface area contributed by atoms with Gasteiger partial charge in [0.1, 0.15) is 11.5 Å². The minimum Gasteiger partial charge on any atom is -0.492 e. The molecule has 2 rings (SSSR count). The van der Waals surface area contributed by atoms with Gasteiger partial charge >= 0.3 is 0 Å². The molecule has 6 heteroatoms. The number of hydrogen-bond acceptors (Lipinski definition) is 3. The maximum Gasteiger partial charge on any atom is 0.147 e. The van der Waals surface area contributed by atoms with Crippen molar-refractivity contribution in [3.05, 3.63) is 50.8 Å². The third-order valence-corrected chi connectivity index (χ3v) is 4.27. The summed E-state index contributed by atoms with van der Waals surface area (Å²) >= 11 is 7.11. The molecule has 0 fully saturated rings. The van der Waals surface area contributed by atoms with E-state index in [2.05, 4.69) is 56.2 Å². The fraction of sp³-hybridized carbons (Fsp3) is 0.375. The van der Waals surface area contributed by atoms with Crippen LogP contribution in [0.5, 0.6) is 5.75 Å². The van der Waals surface area contributed by atoms with Crippen LogP contribution < -0.4 is 10.1 Å². The molecule has 0 aliphatic rings. The number of halogens is 3. The van der Waals surface area contributed by atoms with E-state index in [0.717, 1.165) is 33.4 Å². The van der Waals surface area contributed by atoms with Crippen molar-refractivity contribution in [2.24, 2.45) is 0 Å². The van der Waals surface area contributed by atoms with Crippen LogP contribution in [0.3, 0.4) is 0 Å². The molecule has 2 aromatic rings. The molecule has 0 aliphatic carbocycles. The lowest BCUT2D eigenvalue weighted by atomic mass is 10.1. The molecule has 1 heterocycles. The molecule has 0 saturated carbocycles. The van der Waals surface area contributed by atoms with Crippen LogP contribution >= 0.6 is 44.3 Å². The van der Waals surface area contributed by atoms with E-state index in [1.54, 1.807) is 6.26 Å². The highest BCUT2D eigenvalue weighted by Gasteiger charge is 2.10. The molecular formula is C16H20Br2ClNO2. The third-order valence-electron chi connectivity index (χ3n) is 3.09. The number of hydrogen-bond donors (Lipinski definition) is 1. The Bertz CT molecular complexity index is 553. The summed E-state index contributed by atoms with van der Waals surface area (Å²) in [6, 6.07) is 8.44. The van der Waals surface area contributed by atoms with Gasteiger partial charge in [-0.15, -0.1) is 12.4 Å². The van der Waals surface area contributed by atoms with Gasteiger partial charge in [-0.25, -0.2) is 0 Å². The second-order valence-electron chi connectivity index (χ2n) is 4.89. The van der Waals surface area contributed by atoms with Gasteiger partial charge in [0, 0.05) is 19.0 Å². The van der Waals surface area contributed by atoms with E-state index < -0.39 is 0 Å². The molecule has 0 saturated heterocycles. The van der Waals surface area contributed by atoms with Crippen LogP contribution in [0.1, 0.15) is 25.2 Å². The van der Waals surface area contributed by atoms with Crippen LogP contribution in [-0.4, -0.2) is 12.6 Å². The zero-order chi connectivity index (χ0) is 15.2. The molecule has 1 aromatic carbocycles. The number of furan rings is 1. The summed E-state index contributed by atoms with van der Waals surface area (Å²) in [4.78, 5) is 0. The Morgan fingerprint density at radius 2 is 1.95 bits per heavy atom. The van der Waals surface area contributed by atoms with Crippen LogP contribution in [0.15, 0.2) is 43.9 Å². The van der Waals surface area contributed by atoms with Crippen LogP contribution in [0.2, 0.25) is 0 Å². The molecule has 0 spiro atoms. The Hall–Kier alpha value is -0.490. The van der Waals surface area contributed by atoms with Gasteiger partial charge in [-0.1, -0.05) is 0 Å². The first-order chi connectivity index (χ1) is 10.1. The molecule has 0 bridgehead atoms. The summed E-state index contributed by atoms with van der Waals surface area (Å²) in [5.41, 5.74) is 1.20. The number of rotatable bonds is 7. The molecule has 122 valence electrons. The zero-order valence-electron chi connectivity index (χ0n) is 12.6. The molecule has 1 atom stereocenters. The fourth-order valence-electron chi connectivity index (χ4n) is 2.09. The van der Waals surface area contributed by atoms with E-state index in [-0.39, 0.29) is 12.4 Å². The van der Waals surface area contributed by atoms with Gasteiger partial charge in [0.2, 0.25) is 0 Å². The highest BCUT2D eigenvalue weighted by Crippen LogP contribution is 2.34. The van der Waals surface area contributed by atoms with E-state index in [1.807, 2.05) is 19.1 Å². The monoisotopic (exact) mass is 451 g/mol. The number of benzene rings is 1. The van der Waals surface area contributed by atoms with Gasteiger partial charge in [-0.3, -0.25) is 0 Å². The van der Waals surface area contributed by atoms with Crippen molar-refractivity contribution in [1.29, 1.82) is 0 Å². The minimum absolute atomic E-state index is 0. The van der Waals surface area contributed by atoms with Crippen LogP contribution in [-0.2, 0) is 13.0 Å². The molecular weight excluding hydrogens is 433 g/mol. The molecule has 1 N–H and O–H groups in total. The molecule has 1 unspecified atom stereocenters. The minimum atomic E-state index is 0. The maximum atomic E-state index is 5.59. The van der Waals surface area contributed by atoms with E-state index >= 15 is 0 Å². The highest BCUT2D eigenvalue weighted by molar-refractivity contribution is 9.11. The van der Waals surface area contributed by atoms with Crippen molar-refractivity contribution < 1.29 is 9.15 Å². The predicted molar refractivity (Wildman–Crippen MR) is 99.0 cm³/mol. The molecule has 3 nitrogen and oxygen atoms in total. The van der Waals surface area contributed by atoms with Crippen LogP contribution in [0.4, 0.5) is 0 Å². The van der Waals surface area contributed by atoms with E-state index in [0.29, 0.717) is 12.6 Å². The van der Waals surface area contributed by atoms with Crippen molar-refractivity contribution in [2.45, 2.75) is 32.9 Å². The lowest BCUT2D eigenvalue weighted by Gasteiger charge is -2.14. The summed E-state index contributed by atoms with van der Waals surface area (Å²) in [6.45, 7) is 5.58. The normalized spacial score (nSPS) is 11.8. The zero-order valence-corrected chi connectivity index (χ0v) is 16.6. The first-order valence-corrected chi connectivity index (χ1v) is 8.55. The Labute approximate surface area is 154 Å². The Balaban J connectivity index is 0.00000242. The van der Waals surface area contributed by atoms with Crippen LogP contribution in [0, 0.1) is 0 Å². The smallest absolute Gasteiger partial charge is 0.147 e. The summed E-state index contributed by atoms with van der Waals surface area (Å²) in [7, 11) is 0. The van der Waals surface area contributed by atoms with Gasteiger partial charge < -0.3 is 14.5 Å². The Morgan fingerprint density at radius 1 is 1.27 bits per heavy atom. The van der Waals surface area contributed by atoms with E-state index in [4.69, 9.17) is 9.15 Å². The van der Waals surface area contributed by atoms with E-state index in [1.165, 1.54) is 5.56 Å². The van der Waals surface area contributed by atoms with Gasteiger partial charge in [0.05, 0.1) is 21.8 Å². The topological polar surface area (TPSA) is 34.4 Å². The van der Waals surface area contributed by atoms with Crippen molar-refractivity contribution >= 4 is 44.3 Å². The number of ether oxygens (including phenoxy) is 1. The quantitative estimate of drug-likeness (QED) is 0.614. The van der Waals surface area contributed by atoms with Gasteiger partial charge in [0.25, 0.3) is 0 Å². The van der Waals surface area contributed by atoms with Crippen LogP contribution in [0.25, 0.3) is 0 Å². The average Bonchev–Trinajstić information content (AvgIpc) is 2.93. The Kier molecular flexibility index (Phi) is 8.54. The van der Waals surface area contributed by atoms with Crippen molar-refractivity contribution in [3.63, 3.8) is 0 Å². The van der Waals surface area contributed by atoms with Crippen molar-refractivity contribution in [2.75, 3.05) is 6.61 Å². The molecule has 1 aromatic heterocycles. The summed E-state index contributed by atoms with van der Waals surface area (Å²) in [5.74, 6) is 1.86. The largest absolute Gasteiger partial charge is 0.492 e. The average molecular weight is 454 g/mol. The van der Waals surface area contributed by atoms with Gasteiger partial charge in [-0.2, -0.15) is 0 Å². The van der Waals surface area contributed by atoms with Crippen molar-refractivity contribution in [3.8, 4) is 5.75 Å². The summed E-state index contributed by atoms with van der Waals surface area (Å²) in [6.07, 6.45) is 2.59. The summed E-state index contributed by atoms with van der Waals surface area (Å²) in [5, 5.41) is 3.50. The fourth-order valence-corrected chi connectivity index (χ4v) is 3.60. The van der Waals surface area contributed by atoms with Crippen molar-refractivity contribution in [1.82, 2.24) is 5.32 Å². The molecule has 0 aliphatic heterocycles. The second kappa shape index (κ2) is 9.60. The lowest BCUT2D eigenvalue weighted by Crippen LogP contribution is -2.27. The van der Waals surface area contributed by atoms with Gasteiger partial charge in [0.15, 0.2) is 0 Å². The Morgan fingerprint density at radius 3 is 2.50 bits per heavy atom. The second-order valence-corrected chi connectivity index (χ2v) is 6.60. The van der Waals surface area contributed by atoms with Gasteiger partial charge in [-0.05, 0) is 75.5 Å². The number of nitrogens with one attached hydrogen (secondary N) is 1. The summed E-state index contributed by atoms with van der Waals surface area (Å²) < 4.78 is 12.9. The molecule has 0 amide bonds. The standard InChI is InChI=1S/C16H19Br2NO2.ClH/c1-3-20-16-14(17)8-12(9-15(16)18)10-19-11(2)7-13-5-4-6-21-13;/h4-6,8-9,11,19H,3,7,10H2,1-2H3;1H. The van der Waals surface area contributed by atoms with E-state index in [9.17, 15) is 0 Å². The third kappa shape index (κ3) is 5.61. The molecule has 22 heavy (non-hydrogen) atoms. The first-order valence-electron chi connectivity index (χ1n) is 6.96. The highest BCUT2D eigenvalue weighted by atomic mass is 79.9.